The second kappa shape index (κ2) is 14.5. The van der Waals surface area contributed by atoms with Crippen molar-refractivity contribution in [2.75, 3.05) is 24.8 Å². The van der Waals surface area contributed by atoms with Gasteiger partial charge in [-0.3, -0.25) is 14.4 Å². The highest BCUT2D eigenvalue weighted by Crippen LogP contribution is 2.24. The molecule has 0 atom stereocenters. The predicted molar refractivity (Wildman–Crippen MR) is 163 cm³/mol. The number of nitrogens with one attached hydrogen (secondary N) is 2. The van der Waals surface area contributed by atoms with Crippen molar-refractivity contribution in [3.63, 3.8) is 0 Å². The molecule has 0 aliphatic heterocycles. The van der Waals surface area contributed by atoms with Crippen molar-refractivity contribution in [1.82, 2.24) is 5.32 Å². The number of benzene rings is 4. The quantitative estimate of drug-likeness (QED) is 0.116. The third-order valence-electron chi connectivity index (χ3n) is 5.90. The Kier molecular flexibility index (Phi) is 10.3. The number of ketones is 1. The molecule has 0 spiro atoms. The van der Waals surface area contributed by atoms with Gasteiger partial charge in [0.15, 0.2) is 5.78 Å². The van der Waals surface area contributed by atoms with Crippen molar-refractivity contribution in [2.24, 2.45) is 0 Å². The van der Waals surface area contributed by atoms with Crippen LogP contribution in [0.3, 0.4) is 0 Å². The molecule has 0 heterocycles. The predicted octanol–water partition coefficient (Wildman–Crippen LogP) is 6.48. The van der Waals surface area contributed by atoms with Gasteiger partial charge in [-0.05, 0) is 85.3 Å². The summed E-state index contributed by atoms with van der Waals surface area (Å²) in [4.78, 5) is 39.7. The second-order valence-corrected chi connectivity index (χ2v) is 9.85. The summed E-state index contributed by atoms with van der Waals surface area (Å²) in [5.41, 5.74) is 2.35. The highest BCUT2D eigenvalue weighted by molar-refractivity contribution is 8.00. The molecule has 0 saturated heterocycles. The third kappa shape index (κ3) is 8.58. The van der Waals surface area contributed by atoms with Crippen LogP contribution in [0.2, 0.25) is 0 Å². The van der Waals surface area contributed by atoms with E-state index in [1.165, 1.54) is 11.8 Å². The summed E-state index contributed by atoms with van der Waals surface area (Å²) in [7, 11) is 1.58. The zero-order chi connectivity index (χ0) is 29.0. The summed E-state index contributed by atoms with van der Waals surface area (Å²) < 4.78 is 10.6. The molecule has 4 aromatic rings. The summed E-state index contributed by atoms with van der Waals surface area (Å²) >= 11 is 1.37. The first kappa shape index (κ1) is 29.2. The number of rotatable bonds is 12. The minimum absolute atomic E-state index is 0.0173. The van der Waals surface area contributed by atoms with Crippen LogP contribution in [0.4, 0.5) is 5.69 Å². The second-order valence-electron chi connectivity index (χ2n) is 8.80. The lowest BCUT2D eigenvalue weighted by atomic mass is 10.1. The molecule has 2 amide bonds. The summed E-state index contributed by atoms with van der Waals surface area (Å²) in [6.45, 7) is 2.45. The van der Waals surface area contributed by atoms with E-state index >= 15 is 0 Å². The smallest absolute Gasteiger partial charge is 0.272 e. The maximum Gasteiger partial charge on any atom is 0.272 e. The van der Waals surface area contributed by atoms with Gasteiger partial charge in [0.25, 0.3) is 11.8 Å². The fourth-order valence-corrected chi connectivity index (χ4v) is 4.66. The van der Waals surface area contributed by atoms with E-state index in [1.807, 2.05) is 31.2 Å². The zero-order valence-electron chi connectivity index (χ0n) is 22.8. The first-order valence-electron chi connectivity index (χ1n) is 13.0. The van der Waals surface area contributed by atoms with Gasteiger partial charge in [-0.15, -0.1) is 11.8 Å². The first-order chi connectivity index (χ1) is 19.9. The van der Waals surface area contributed by atoms with Gasteiger partial charge in [-0.1, -0.05) is 36.4 Å². The van der Waals surface area contributed by atoms with Crippen LogP contribution in [-0.4, -0.2) is 37.1 Å². The lowest BCUT2D eigenvalue weighted by molar-refractivity contribution is -0.113. The molecule has 41 heavy (non-hydrogen) atoms. The van der Waals surface area contributed by atoms with E-state index in [2.05, 4.69) is 10.6 Å². The van der Waals surface area contributed by atoms with Crippen molar-refractivity contribution in [2.45, 2.75) is 11.8 Å². The van der Waals surface area contributed by atoms with Crippen LogP contribution in [0.25, 0.3) is 6.08 Å². The normalized spacial score (nSPS) is 10.9. The van der Waals surface area contributed by atoms with E-state index in [-0.39, 0.29) is 17.2 Å². The van der Waals surface area contributed by atoms with Gasteiger partial charge in [0, 0.05) is 21.7 Å². The summed E-state index contributed by atoms with van der Waals surface area (Å²) in [6, 6.07) is 30.1. The maximum atomic E-state index is 13.4. The molecule has 0 bridgehead atoms. The van der Waals surface area contributed by atoms with E-state index in [9.17, 15) is 14.4 Å². The van der Waals surface area contributed by atoms with E-state index in [0.29, 0.717) is 40.5 Å². The number of thioether (sulfide) groups is 1. The van der Waals surface area contributed by atoms with Crippen LogP contribution in [0, 0.1) is 0 Å². The summed E-state index contributed by atoms with van der Waals surface area (Å²) in [5, 5.41) is 5.61. The number of Topliss-reactive ketones (excluding diaryl/α,β-unsaturated/α-hetero) is 1. The van der Waals surface area contributed by atoms with Crippen LogP contribution in [0.5, 0.6) is 11.5 Å². The fourth-order valence-electron chi connectivity index (χ4n) is 3.81. The third-order valence-corrected chi connectivity index (χ3v) is 6.90. The molecule has 4 aromatic carbocycles. The highest BCUT2D eigenvalue weighted by atomic mass is 32.2. The Morgan fingerprint density at radius 3 is 2.20 bits per heavy atom. The van der Waals surface area contributed by atoms with E-state index in [1.54, 1.807) is 92.0 Å². The van der Waals surface area contributed by atoms with Gasteiger partial charge in [-0.25, -0.2) is 0 Å². The molecular formula is C33H30N2O5S. The SMILES string of the molecule is CCOc1ccc(/C=C(\NC(=O)c2ccccc2)C(=O)Nc2cccc(SCC(=O)c3ccc(OC)cc3)c2)cc1. The zero-order valence-corrected chi connectivity index (χ0v) is 23.6. The minimum Gasteiger partial charge on any atom is -0.497 e. The minimum atomic E-state index is -0.486. The van der Waals surface area contributed by atoms with Gasteiger partial charge in [0.2, 0.25) is 0 Å². The van der Waals surface area contributed by atoms with Gasteiger partial charge < -0.3 is 20.1 Å². The molecule has 2 N–H and O–H groups in total. The Bertz CT molecular complexity index is 1520. The Morgan fingerprint density at radius 2 is 1.51 bits per heavy atom. The van der Waals surface area contributed by atoms with Gasteiger partial charge in [0.1, 0.15) is 17.2 Å². The van der Waals surface area contributed by atoms with Crippen molar-refractivity contribution >= 4 is 41.1 Å². The average Bonchev–Trinajstić information content (AvgIpc) is 3.01. The highest BCUT2D eigenvalue weighted by Gasteiger charge is 2.16. The number of ether oxygens (including phenoxy) is 2. The number of carbonyl (C=O) groups excluding carboxylic acids is 3. The Labute approximate surface area is 243 Å². The maximum absolute atomic E-state index is 13.4. The molecule has 7 nitrogen and oxygen atoms in total. The molecule has 4 rings (SSSR count). The summed E-state index contributed by atoms with van der Waals surface area (Å²) in [5.74, 6) is 0.729. The van der Waals surface area contributed by atoms with Crippen molar-refractivity contribution in [3.05, 3.63) is 126 Å². The van der Waals surface area contributed by atoms with Crippen LogP contribution in [-0.2, 0) is 4.79 Å². The fraction of sp³-hybridized carbons (Fsp3) is 0.121. The molecule has 0 unspecified atom stereocenters. The Balaban J connectivity index is 1.48. The van der Waals surface area contributed by atoms with Crippen LogP contribution >= 0.6 is 11.8 Å². The monoisotopic (exact) mass is 566 g/mol. The Morgan fingerprint density at radius 1 is 0.805 bits per heavy atom. The molecule has 8 heteroatoms. The van der Waals surface area contributed by atoms with Crippen molar-refractivity contribution < 1.29 is 23.9 Å². The van der Waals surface area contributed by atoms with E-state index in [0.717, 1.165) is 4.90 Å². The lowest BCUT2D eigenvalue weighted by Crippen LogP contribution is -2.30. The van der Waals surface area contributed by atoms with Crippen LogP contribution in [0.15, 0.2) is 114 Å². The van der Waals surface area contributed by atoms with Gasteiger partial charge >= 0.3 is 0 Å². The van der Waals surface area contributed by atoms with E-state index < -0.39 is 11.8 Å². The molecule has 0 fully saturated rings. The average molecular weight is 567 g/mol. The largest absolute Gasteiger partial charge is 0.497 e. The molecule has 0 radical (unpaired) electrons. The topological polar surface area (TPSA) is 93.7 Å². The molecule has 0 aliphatic rings. The molecule has 0 saturated carbocycles. The summed E-state index contributed by atoms with van der Waals surface area (Å²) in [6.07, 6.45) is 1.61. The van der Waals surface area contributed by atoms with E-state index in [4.69, 9.17) is 9.47 Å². The van der Waals surface area contributed by atoms with Crippen LogP contribution in [0.1, 0.15) is 33.2 Å². The first-order valence-corrected chi connectivity index (χ1v) is 14.0. The lowest BCUT2D eigenvalue weighted by Gasteiger charge is -2.12. The number of anilines is 1. The Hall–Kier alpha value is -4.82. The number of hydrogen-bond acceptors (Lipinski definition) is 6. The molecule has 208 valence electrons. The standard InChI is InChI=1S/C33H30N2O5S/c1-3-40-28-16-12-23(13-17-28)20-30(35-32(37)25-8-5-4-6-9-25)33(38)34-26-10-7-11-29(21-26)41-22-31(36)24-14-18-27(39-2)19-15-24/h4-21H,3,22H2,1-2H3,(H,34,38)(H,35,37)/b30-20-. The van der Waals surface area contributed by atoms with Crippen molar-refractivity contribution in [1.29, 1.82) is 0 Å². The van der Waals surface area contributed by atoms with Gasteiger partial charge in [-0.2, -0.15) is 0 Å². The number of carbonyl (C=O) groups is 3. The molecule has 0 aromatic heterocycles. The molecule has 0 aliphatic carbocycles. The van der Waals surface area contributed by atoms with Gasteiger partial charge in [0.05, 0.1) is 19.5 Å². The van der Waals surface area contributed by atoms with Crippen LogP contribution < -0.4 is 20.1 Å². The number of amides is 2. The van der Waals surface area contributed by atoms with Crippen molar-refractivity contribution in [3.8, 4) is 11.5 Å². The molecular weight excluding hydrogens is 536 g/mol. The number of methoxy groups -OCH3 is 1. The number of hydrogen-bond donors (Lipinski definition) is 2.